The molecular formula is C8H11NO4S. The zero-order valence-electron chi connectivity index (χ0n) is 7.34. The van der Waals surface area contributed by atoms with Gasteiger partial charge in [-0.1, -0.05) is 0 Å². The molecular weight excluding hydrogens is 206 g/mol. The van der Waals surface area contributed by atoms with Gasteiger partial charge in [0, 0.05) is 6.07 Å². The van der Waals surface area contributed by atoms with Gasteiger partial charge in [0.25, 0.3) is 0 Å². The molecule has 5 nitrogen and oxygen atoms in total. The highest BCUT2D eigenvalue weighted by atomic mass is 32.2. The standard InChI is InChI=1S/C8H11NO4S/c9-7-2-1-6(5-8(7)11)14(12,13)4-3-10/h1-2,5,10-11H,3-4,9H2. The van der Waals surface area contributed by atoms with E-state index in [1.54, 1.807) is 0 Å². The monoisotopic (exact) mass is 217 g/mol. The molecule has 0 aliphatic heterocycles. The second-order valence-corrected chi connectivity index (χ2v) is 4.87. The second-order valence-electron chi connectivity index (χ2n) is 2.76. The first-order chi connectivity index (χ1) is 6.47. The average Bonchev–Trinajstić information content (AvgIpc) is 2.09. The van der Waals surface area contributed by atoms with Gasteiger partial charge in [-0.3, -0.25) is 0 Å². The van der Waals surface area contributed by atoms with E-state index in [1.165, 1.54) is 12.1 Å². The van der Waals surface area contributed by atoms with Crippen molar-refractivity contribution < 1.29 is 18.6 Å². The molecule has 6 heteroatoms. The average molecular weight is 217 g/mol. The molecule has 0 unspecified atom stereocenters. The maximum absolute atomic E-state index is 11.4. The van der Waals surface area contributed by atoms with E-state index in [2.05, 4.69) is 0 Å². The van der Waals surface area contributed by atoms with E-state index < -0.39 is 16.4 Å². The Kier molecular flexibility index (Phi) is 2.97. The lowest BCUT2D eigenvalue weighted by atomic mass is 10.3. The molecule has 1 rings (SSSR count). The topological polar surface area (TPSA) is 101 Å². The molecule has 78 valence electrons. The van der Waals surface area contributed by atoms with Crippen LogP contribution in [0.4, 0.5) is 5.69 Å². The molecule has 1 aromatic rings. The van der Waals surface area contributed by atoms with Crippen LogP contribution in [0.1, 0.15) is 0 Å². The first-order valence-electron chi connectivity index (χ1n) is 3.89. The van der Waals surface area contributed by atoms with Crippen LogP contribution in [0.2, 0.25) is 0 Å². The highest BCUT2D eigenvalue weighted by molar-refractivity contribution is 7.91. The third kappa shape index (κ3) is 2.15. The number of hydrogen-bond donors (Lipinski definition) is 3. The lowest BCUT2D eigenvalue weighted by molar-refractivity contribution is 0.319. The summed E-state index contributed by atoms with van der Waals surface area (Å²) >= 11 is 0. The number of aliphatic hydroxyl groups excluding tert-OH is 1. The van der Waals surface area contributed by atoms with Crippen LogP contribution in [-0.4, -0.2) is 31.0 Å². The summed E-state index contributed by atoms with van der Waals surface area (Å²) in [6.45, 7) is -0.451. The van der Waals surface area contributed by atoms with Gasteiger partial charge >= 0.3 is 0 Å². The van der Waals surface area contributed by atoms with Crippen LogP contribution in [-0.2, 0) is 9.84 Å². The van der Waals surface area contributed by atoms with Crippen molar-refractivity contribution in [2.75, 3.05) is 18.1 Å². The van der Waals surface area contributed by atoms with Gasteiger partial charge in [0.15, 0.2) is 9.84 Å². The van der Waals surface area contributed by atoms with Crippen molar-refractivity contribution in [2.45, 2.75) is 4.90 Å². The van der Waals surface area contributed by atoms with Gasteiger partial charge in [0.1, 0.15) is 5.75 Å². The van der Waals surface area contributed by atoms with Crippen LogP contribution < -0.4 is 5.73 Å². The van der Waals surface area contributed by atoms with Crippen LogP contribution in [0.15, 0.2) is 23.1 Å². The smallest absolute Gasteiger partial charge is 0.180 e. The molecule has 14 heavy (non-hydrogen) atoms. The molecule has 1 aromatic carbocycles. The van der Waals surface area contributed by atoms with Gasteiger partial charge in [0.05, 0.1) is 22.9 Å². The zero-order valence-corrected chi connectivity index (χ0v) is 8.16. The molecule has 0 aliphatic carbocycles. The number of nitrogen functional groups attached to an aromatic ring is 1. The quantitative estimate of drug-likeness (QED) is 0.478. The summed E-state index contributed by atoms with van der Waals surface area (Å²) in [6, 6.07) is 3.67. The minimum absolute atomic E-state index is 0.0433. The number of phenols is 1. The Hall–Kier alpha value is -1.27. The van der Waals surface area contributed by atoms with E-state index in [0.29, 0.717) is 0 Å². The van der Waals surface area contributed by atoms with Gasteiger partial charge in [-0.25, -0.2) is 8.42 Å². The maximum atomic E-state index is 11.4. The number of aromatic hydroxyl groups is 1. The minimum atomic E-state index is -3.52. The summed E-state index contributed by atoms with van der Waals surface area (Å²) in [5.41, 5.74) is 5.43. The largest absolute Gasteiger partial charge is 0.506 e. The lowest BCUT2D eigenvalue weighted by Gasteiger charge is -2.04. The number of sulfone groups is 1. The third-order valence-electron chi connectivity index (χ3n) is 1.72. The van der Waals surface area contributed by atoms with Gasteiger partial charge in [-0.15, -0.1) is 0 Å². The van der Waals surface area contributed by atoms with Crippen LogP contribution in [0.25, 0.3) is 0 Å². The van der Waals surface area contributed by atoms with Gasteiger partial charge in [0.2, 0.25) is 0 Å². The summed E-state index contributed by atoms with van der Waals surface area (Å²) in [5, 5.41) is 17.7. The van der Waals surface area contributed by atoms with E-state index in [0.717, 1.165) is 6.07 Å². The van der Waals surface area contributed by atoms with Crippen LogP contribution in [0.5, 0.6) is 5.75 Å². The maximum Gasteiger partial charge on any atom is 0.180 e. The van der Waals surface area contributed by atoms with E-state index in [-0.39, 0.29) is 22.1 Å². The SMILES string of the molecule is Nc1ccc(S(=O)(=O)CCO)cc1O. The van der Waals surface area contributed by atoms with Crippen molar-refractivity contribution in [1.82, 2.24) is 0 Å². The minimum Gasteiger partial charge on any atom is -0.506 e. The summed E-state index contributed by atoms with van der Waals surface area (Å²) in [4.78, 5) is -0.0433. The van der Waals surface area contributed by atoms with Crippen LogP contribution in [0.3, 0.4) is 0 Å². The van der Waals surface area contributed by atoms with Crippen LogP contribution >= 0.6 is 0 Å². The molecule has 0 saturated carbocycles. The van der Waals surface area contributed by atoms with Crippen molar-refractivity contribution >= 4 is 15.5 Å². The Labute approximate surface area is 81.7 Å². The number of hydrogen-bond acceptors (Lipinski definition) is 5. The van der Waals surface area contributed by atoms with Gasteiger partial charge < -0.3 is 15.9 Å². The van der Waals surface area contributed by atoms with Crippen molar-refractivity contribution in [1.29, 1.82) is 0 Å². The molecule has 0 bridgehead atoms. The fraction of sp³-hybridized carbons (Fsp3) is 0.250. The molecule has 4 N–H and O–H groups in total. The number of rotatable bonds is 3. The molecule has 0 spiro atoms. The Morgan fingerprint density at radius 3 is 2.50 bits per heavy atom. The molecule has 0 radical (unpaired) electrons. The summed E-state index contributed by atoms with van der Waals surface area (Å²) in [5.74, 6) is -0.639. The number of benzene rings is 1. The predicted octanol–water partition coefficient (Wildman–Crippen LogP) is -0.260. The van der Waals surface area contributed by atoms with Crippen molar-refractivity contribution in [3.05, 3.63) is 18.2 Å². The molecule has 0 heterocycles. The Bertz CT molecular complexity index is 427. The molecule has 0 aliphatic rings. The van der Waals surface area contributed by atoms with Crippen molar-refractivity contribution in [3.63, 3.8) is 0 Å². The Balaban J connectivity index is 3.15. The lowest BCUT2D eigenvalue weighted by Crippen LogP contribution is -2.10. The number of anilines is 1. The first kappa shape index (κ1) is 10.8. The fourth-order valence-electron chi connectivity index (χ4n) is 0.955. The van der Waals surface area contributed by atoms with Crippen LogP contribution in [0, 0.1) is 0 Å². The number of nitrogens with two attached hydrogens (primary N) is 1. The Morgan fingerprint density at radius 2 is 2.00 bits per heavy atom. The first-order valence-corrected chi connectivity index (χ1v) is 5.54. The van der Waals surface area contributed by atoms with E-state index >= 15 is 0 Å². The number of phenolic OH excluding ortho intramolecular Hbond substituents is 1. The fourth-order valence-corrected chi connectivity index (χ4v) is 2.00. The predicted molar refractivity (Wildman–Crippen MR) is 51.7 cm³/mol. The Morgan fingerprint density at radius 1 is 1.36 bits per heavy atom. The van der Waals surface area contributed by atoms with Crippen molar-refractivity contribution in [3.8, 4) is 5.75 Å². The van der Waals surface area contributed by atoms with E-state index in [4.69, 9.17) is 10.8 Å². The van der Waals surface area contributed by atoms with E-state index in [9.17, 15) is 13.5 Å². The summed E-state index contributed by atoms with van der Waals surface area (Å²) in [7, 11) is -3.52. The summed E-state index contributed by atoms with van der Waals surface area (Å²) < 4.78 is 22.8. The normalized spacial score (nSPS) is 11.5. The van der Waals surface area contributed by atoms with Gasteiger partial charge in [-0.05, 0) is 12.1 Å². The molecule has 0 fully saturated rings. The molecule has 0 amide bonds. The van der Waals surface area contributed by atoms with Gasteiger partial charge in [-0.2, -0.15) is 0 Å². The van der Waals surface area contributed by atoms with E-state index in [1.807, 2.05) is 0 Å². The summed E-state index contributed by atoms with van der Waals surface area (Å²) in [6.07, 6.45) is 0. The highest BCUT2D eigenvalue weighted by Gasteiger charge is 2.14. The highest BCUT2D eigenvalue weighted by Crippen LogP contribution is 2.23. The third-order valence-corrected chi connectivity index (χ3v) is 3.41. The molecule has 0 aromatic heterocycles. The second kappa shape index (κ2) is 3.85. The molecule has 0 saturated heterocycles. The molecule has 0 atom stereocenters. The zero-order chi connectivity index (χ0) is 10.8. The van der Waals surface area contributed by atoms with Crippen molar-refractivity contribution in [2.24, 2.45) is 0 Å². The number of aliphatic hydroxyl groups is 1.